The van der Waals surface area contributed by atoms with Crippen molar-refractivity contribution in [3.8, 4) is 5.75 Å². The molecule has 1 atom stereocenters. The lowest BCUT2D eigenvalue weighted by molar-refractivity contribution is 0.0569. The molecule has 1 heterocycles. The minimum Gasteiger partial charge on any atom is -0.496 e. The van der Waals surface area contributed by atoms with Gasteiger partial charge in [0.05, 0.1) is 14.3 Å². The van der Waals surface area contributed by atoms with Crippen LogP contribution >= 0.6 is 0 Å². The minimum atomic E-state index is 0.0127. The molecular weight excluding hydrogens is 391 g/mol. The zero-order valence-electron chi connectivity index (χ0n) is 20.2. The average molecular weight is 431 g/mol. The molecule has 5 heteroatoms. The van der Waals surface area contributed by atoms with E-state index in [1.165, 1.54) is 23.1 Å². The van der Waals surface area contributed by atoms with Gasteiger partial charge in [-0.15, -0.1) is 0 Å². The second kappa shape index (κ2) is 13.8. The van der Waals surface area contributed by atoms with Gasteiger partial charge in [0.25, 0.3) is 5.91 Å². The first kappa shape index (κ1) is 26.6. The Morgan fingerprint density at radius 2 is 1.68 bits per heavy atom. The van der Waals surface area contributed by atoms with E-state index in [9.17, 15) is 9.18 Å². The summed E-state index contributed by atoms with van der Waals surface area (Å²) in [5.74, 6) is 1.48. The van der Waals surface area contributed by atoms with Gasteiger partial charge in [0.2, 0.25) is 0 Å². The maximum Gasteiger partial charge on any atom is 0.251 e. The first-order valence-corrected chi connectivity index (χ1v) is 11.0. The monoisotopic (exact) mass is 430 g/mol. The highest BCUT2D eigenvalue weighted by molar-refractivity contribution is 5.94. The van der Waals surface area contributed by atoms with Crippen molar-refractivity contribution < 1.29 is 13.9 Å². The normalized spacial score (nSPS) is 14.2. The fraction of sp³-hybridized carbons (Fsp3) is 0.500. The van der Waals surface area contributed by atoms with Gasteiger partial charge < -0.3 is 10.1 Å². The summed E-state index contributed by atoms with van der Waals surface area (Å²) in [5.41, 5.74) is 4.60. The fourth-order valence-corrected chi connectivity index (χ4v) is 3.67. The second-order valence-corrected chi connectivity index (χ2v) is 7.89. The number of alkyl halides is 1. The van der Waals surface area contributed by atoms with Crippen molar-refractivity contribution >= 4 is 5.91 Å². The molecule has 1 aliphatic heterocycles. The van der Waals surface area contributed by atoms with E-state index in [1.807, 2.05) is 30.3 Å². The van der Waals surface area contributed by atoms with Gasteiger partial charge in [-0.3, -0.25) is 14.1 Å². The highest BCUT2D eigenvalue weighted by atomic mass is 19.1. The molecule has 1 N–H and O–H groups in total. The number of methoxy groups -OCH3 is 1. The molecule has 172 valence electrons. The van der Waals surface area contributed by atoms with Crippen LogP contribution in [0.1, 0.15) is 60.3 Å². The number of benzene rings is 2. The molecule has 0 radical (unpaired) electrons. The van der Waals surface area contributed by atoms with E-state index in [2.05, 4.69) is 57.0 Å². The third kappa shape index (κ3) is 7.35. The second-order valence-electron chi connectivity index (χ2n) is 7.89. The van der Waals surface area contributed by atoms with E-state index in [0.717, 1.165) is 30.9 Å². The van der Waals surface area contributed by atoms with Crippen molar-refractivity contribution in [1.82, 2.24) is 10.2 Å². The SMILES string of the molecule is CCC.CF.COc1ccc(C(C)N2CC(CNC(=O)c3ccccc3)C2)c(C)c1C. The quantitative estimate of drug-likeness (QED) is 0.636. The largest absolute Gasteiger partial charge is 0.496 e. The van der Waals surface area contributed by atoms with Gasteiger partial charge >= 0.3 is 0 Å². The maximum atomic E-state index is 12.1. The van der Waals surface area contributed by atoms with Crippen molar-refractivity contribution in [3.05, 3.63) is 64.7 Å². The lowest BCUT2D eigenvalue weighted by atomic mass is 9.91. The Balaban J connectivity index is 0.000000884. The molecule has 2 aromatic rings. The molecule has 2 aromatic carbocycles. The number of carbonyl (C=O) groups is 1. The molecule has 1 unspecified atom stereocenters. The Bertz CT molecular complexity index is 789. The van der Waals surface area contributed by atoms with Gasteiger partial charge in [-0.05, 0) is 55.7 Å². The van der Waals surface area contributed by atoms with Gasteiger partial charge in [-0.25, -0.2) is 0 Å². The van der Waals surface area contributed by atoms with E-state index < -0.39 is 0 Å². The van der Waals surface area contributed by atoms with Crippen molar-refractivity contribution in [3.63, 3.8) is 0 Å². The van der Waals surface area contributed by atoms with Crippen LogP contribution in [-0.4, -0.2) is 44.7 Å². The van der Waals surface area contributed by atoms with Crippen LogP contribution in [-0.2, 0) is 0 Å². The molecule has 1 aliphatic rings. The van der Waals surface area contributed by atoms with Crippen LogP contribution < -0.4 is 10.1 Å². The smallest absolute Gasteiger partial charge is 0.251 e. The predicted molar refractivity (Wildman–Crippen MR) is 128 cm³/mol. The van der Waals surface area contributed by atoms with E-state index in [1.54, 1.807) is 7.11 Å². The third-order valence-corrected chi connectivity index (χ3v) is 5.57. The zero-order valence-corrected chi connectivity index (χ0v) is 20.2. The zero-order chi connectivity index (χ0) is 23.4. The summed E-state index contributed by atoms with van der Waals surface area (Å²) < 4.78 is 14.9. The predicted octanol–water partition coefficient (Wildman–Crippen LogP) is 5.74. The number of halogens is 1. The van der Waals surface area contributed by atoms with Gasteiger partial charge in [0, 0.05) is 37.2 Å². The maximum absolute atomic E-state index is 12.1. The Hall–Kier alpha value is -2.40. The van der Waals surface area contributed by atoms with Crippen LogP contribution in [0.3, 0.4) is 0 Å². The first-order valence-electron chi connectivity index (χ1n) is 11.0. The number of hydrogen-bond donors (Lipinski definition) is 1. The summed E-state index contributed by atoms with van der Waals surface area (Å²) in [6.45, 7) is 13.6. The number of rotatable bonds is 6. The standard InChI is InChI=1S/C22H28N2O2.C3H8.CH3F/c1-15-16(2)21(26-4)11-10-20(15)17(3)24-13-18(14-24)12-23-22(25)19-8-6-5-7-9-19;1-3-2;1-2/h5-11,17-18H,12-14H2,1-4H3,(H,23,25);3H2,1-2H3;1H3. The van der Waals surface area contributed by atoms with Crippen molar-refractivity contribution in [2.24, 2.45) is 5.92 Å². The number of nitrogens with zero attached hydrogens (tertiary/aromatic N) is 1. The summed E-state index contributed by atoms with van der Waals surface area (Å²) in [6, 6.07) is 14.0. The highest BCUT2D eigenvalue weighted by Gasteiger charge is 2.31. The van der Waals surface area contributed by atoms with Crippen molar-refractivity contribution in [2.75, 3.05) is 33.9 Å². The molecule has 3 rings (SSSR count). The summed E-state index contributed by atoms with van der Waals surface area (Å²) in [6.07, 6.45) is 1.25. The molecule has 1 amide bonds. The van der Waals surface area contributed by atoms with E-state index in [-0.39, 0.29) is 5.91 Å². The molecule has 0 aromatic heterocycles. The lowest BCUT2D eigenvalue weighted by Gasteiger charge is -2.44. The van der Waals surface area contributed by atoms with E-state index in [0.29, 0.717) is 19.1 Å². The minimum absolute atomic E-state index is 0.0127. The Morgan fingerprint density at radius 1 is 1.10 bits per heavy atom. The number of nitrogens with one attached hydrogen (secondary N) is 1. The van der Waals surface area contributed by atoms with Crippen LogP contribution in [0.15, 0.2) is 42.5 Å². The van der Waals surface area contributed by atoms with Crippen LogP contribution in [0, 0.1) is 19.8 Å². The number of likely N-dealkylation sites (tertiary alicyclic amines) is 1. The first-order chi connectivity index (χ1) is 14.9. The van der Waals surface area contributed by atoms with Crippen LogP contribution in [0.25, 0.3) is 0 Å². The number of amides is 1. The van der Waals surface area contributed by atoms with Crippen molar-refractivity contribution in [1.29, 1.82) is 0 Å². The number of carbonyl (C=O) groups excluding carboxylic acids is 1. The molecule has 4 nitrogen and oxygen atoms in total. The molecule has 31 heavy (non-hydrogen) atoms. The average Bonchev–Trinajstić information content (AvgIpc) is 2.76. The van der Waals surface area contributed by atoms with Crippen LogP contribution in [0.2, 0.25) is 0 Å². The third-order valence-electron chi connectivity index (χ3n) is 5.57. The molecule has 0 spiro atoms. The van der Waals surface area contributed by atoms with Gasteiger partial charge in [-0.2, -0.15) is 0 Å². The highest BCUT2D eigenvalue weighted by Crippen LogP contribution is 2.33. The molecule has 0 saturated carbocycles. The summed E-state index contributed by atoms with van der Waals surface area (Å²) in [7, 11) is 2.22. The van der Waals surface area contributed by atoms with E-state index >= 15 is 0 Å². The van der Waals surface area contributed by atoms with Gasteiger partial charge in [0.1, 0.15) is 5.75 Å². The Labute approximate surface area is 187 Å². The van der Waals surface area contributed by atoms with Crippen LogP contribution in [0.4, 0.5) is 4.39 Å². The van der Waals surface area contributed by atoms with Crippen LogP contribution in [0.5, 0.6) is 5.75 Å². The topological polar surface area (TPSA) is 41.6 Å². The molecule has 0 bridgehead atoms. The molecular formula is C26H39FN2O2. The molecule has 0 aliphatic carbocycles. The lowest BCUT2D eigenvalue weighted by Crippen LogP contribution is -2.52. The summed E-state index contributed by atoms with van der Waals surface area (Å²) in [4.78, 5) is 14.6. The fourth-order valence-electron chi connectivity index (χ4n) is 3.67. The molecule has 1 saturated heterocycles. The van der Waals surface area contributed by atoms with Gasteiger partial charge in [-0.1, -0.05) is 44.5 Å². The van der Waals surface area contributed by atoms with Crippen molar-refractivity contribution in [2.45, 2.75) is 47.1 Å². The molecule has 1 fully saturated rings. The summed E-state index contributed by atoms with van der Waals surface area (Å²) >= 11 is 0. The number of ether oxygens (including phenoxy) is 1. The van der Waals surface area contributed by atoms with Gasteiger partial charge in [0.15, 0.2) is 0 Å². The van der Waals surface area contributed by atoms with E-state index in [4.69, 9.17) is 4.74 Å². The Kier molecular flexibility index (Phi) is 11.9. The summed E-state index contributed by atoms with van der Waals surface area (Å²) in [5, 5.41) is 3.05. The number of hydrogen-bond acceptors (Lipinski definition) is 3. The Morgan fingerprint density at radius 3 is 2.23 bits per heavy atom.